The van der Waals surface area contributed by atoms with Gasteiger partial charge in [-0.2, -0.15) is 0 Å². The van der Waals surface area contributed by atoms with Crippen molar-refractivity contribution in [3.05, 3.63) is 46.4 Å². The van der Waals surface area contributed by atoms with Crippen LogP contribution in [0.25, 0.3) is 0 Å². The van der Waals surface area contributed by atoms with Crippen molar-refractivity contribution in [2.75, 3.05) is 13.4 Å². The molecule has 0 unspecified atom stereocenters. The predicted octanol–water partition coefficient (Wildman–Crippen LogP) is 3.47. The molecule has 0 amide bonds. The standard InChI is InChI=1S/C15H13BrO5S/c1-20-15-7-10(9-17)3-5-14(15)21-13-6-4-11(8-12(13)16)22(2,18)19/h3-9H,1-2H3. The van der Waals surface area contributed by atoms with Crippen molar-refractivity contribution in [3.63, 3.8) is 0 Å². The number of carbonyl (C=O) groups is 1. The molecule has 2 aromatic carbocycles. The molecule has 0 spiro atoms. The summed E-state index contributed by atoms with van der Waals surface area (Å²) in [5, 5.41) is 0. The van der Waals surface area contributed by atoms with Gasteiger partial charge in [-0.3, -0.25) is 4.79 Å². The molecule has 0 radical (unpaired) electrons. The van der Waals surface area contributed by atoms with Crippen LogP contribution in [0.1, 0.15) is 10.4 Å². The number of ether oxygens (including phenoxy) is 2. The van der Waals surface area contributed by atoms with Gasteiger partial charge in [0, 0.05) is 11.8 Å². The summed E-state index contributed by atoms with van der Waals surface area (Å²) in [4.78, 5) is 11.0. The number of sulfone groups is 1. The van der Waals surface area contributed by atoms with E-state index in [0.29, 0.717) is 33.6 Å². The van der Waals surface area contributed by atoms with Gasteiger partial charge in [-0.25, -0.2) is 8.42 Å². The van der Waals surface area contributed by atoms with Gasteiger partial charge in [-0.15, -0.1) is 0 Å². The maximum atomic E-state index is 11.5. The Morgan fingerprint density at radius 3 is 2.27 bits per heavy atom. The summed E-state index contributed by atoms with van der Waals surface area (Å²) in [6, 6.07) is 9.25. The number of rotatable bonds is 5. The fourth-order valence-corrected chi connectivity index (χ4v) is 3.01. The number of hydrogen-bond acceptors (Lipinski definition) is 5. The lowest BCUT2D eigenvalue weighted by atomic mass is 10.2. The van der Waals surface area contributed by atoms with Crippen LogP contribution in [-0.2, 0) is 9.84 Å². The van der Waals surface area contributed by atoms with Gasteiger partial charge in [-0.1, -0.05) is 0 Å². The molecule has 0 N–H and O–H groups in total. The summed E-state index contributed by atoms with van der Waals surface area (Å²) < 4.78 is 34.4. The molecule has 2 aromatic rings. The molecule has 0 aliphatic rings. The lowest BCUT2D eigenvalue weighted by Crippen LogP contribution is -1.98. The maximum Gasteiger partial charge on any atom is 0.175 e. The summed E-state index contributed by atoms with van der Waals surface area (Å²) in [6.45, 7) is 0. The Morgan fingerprint density at radius 2 is 1.73 bits per heavy atom. The topological polar surface area (TPSA) is 69.7 Å². The SMILES string of the molecule is COc1cc(C=O)ccc1Oc1ccc(S(C)(=O)=O)cc1Br. The Morgan fingerprint density at radius 1 is 1.05 bits per heavy atom. The number of hydrogen-bond donors (Lipinski definition) is 0. The summed E-state index contributed by atoms with van der Waals surface area (Å²) in [6.07, 6.45) is 1.85. The van der Waals surface area contributed by atoms with Gasteiger partial charge < -0.3 is 9.47 Å². The van der Waals surface area contributed by atoms with Crippen LogP contribution in [0.2, 0.25) is 0 Å². The van der Waals surface area contributed by atoms with E-state index < -0.39 is 9.84 Å². The van der Waals surface area contributed by atoms with Crippen LogP contribution in [-0.4, -0.2) is 28.1 Å². The second-order valence-electron chi connectivity index (χ2n) is 4.49. The Hall–Kier alpha value is -1.86. The van der Waals surface area contributed by atoms with Gasteiger partial charge in [0.1, 0.15) is 12.0 Å². The summed E-state index contributed by atoms with van der Waals surface area (Å²) in [5.41, 5.74) is 0.468. The van der Waals surface area contributed by atoms with Gasteiger partial charge in [0.25, 0.3) is 0 Å². The van der Waals surface area contributed by atoms with E-state index >= 15 is 0 Å². The van der Waals surface area contributed by atoms with E-state index in [-0.39, 0.29) is 4.90 Å². The first-order chi connectivity index (χ1) is 10.3. The Bertz CT molecular complexity index is 815. The van der Waals surface area contributed by atoms with Crippen LogP contribution in [0.5, 0.6) is 17.2 Å². The summed E-state index contributed by atoms with van der Waals surface area (Å²) in [7, 11) is -1.82. The van der Waals surface area contributed by atoms with E-state index in [1.165, 1.54) is 19.2 Å². The van der Waals surface area contributed by atoms with E-state index in [0.717, 1.165) is 6.26 Å². The minimum absolute atomic E-state index is 0.190. The predicted molar refractivity (Wildman–Crippen MR) is 85.7 cm³/mol. The molecule has 0 saturated carbocycles. The van der Waals surface area contributed by atoms with Gasteiger partial charge in [0.05, 0.1) is 16.5 Å². The minimum atomic E-state index is -3.29. The highest BCUT2D eigenvalue weighted by Gasteiger charge is 2.13. The van der Waals surface area contributed by atoms with E-state index in [1.807, 2.05) is 0 Å². The molecule has 2 rings (SSSR count). The smallest absolute Gasteiger partial charge is 0.175 e. The number of benzene rings is 2. The quantitative estimate of drug-likeness (QED) is 0.738. The zero-order chi connectivity index (χ0) is 16.3. The van der Waals surface area contributed by atoms with Crippen molar-refractivity contribution >= 4 is 32.1 Å². The molecule has 5 nitrogen and oxygen atoms in total. The molecular formula is C15H13BrO5S. The first-order valence-electron chi connectivity index (χ1n) is 6.16. The largest absolute Gasteiger partial charge is 0.493 e. The van der Waals surface area contributed by atoms with E-state index in [4.69, 9.17) is 9.47 Å². The number of aldehydes is 1. The number of carbonyl (C=O) groups excluding carboxylic acids is 1. The third-order valence-corrected chi connectivity index (χ3v) is 4.61. The maximum absolute atomic E-state index is 11.5. The average Bonchev–Trinajstić information content (AvgIpc) is 2.48. The van der Waals surface area contributed by atoms with E-state index in [9.17, 15) is 13.2 Å². The molecule has 0 fully saturated rings. The highest BCUT2D eigenvalue weighted by Crippen LogP contribution is 2.36. The highest BCUT2D eigenvalue weighted by molar-refractivity contribution is 9.10. The van der Waals surface area contributed by atoms with Crippen molar-refractivity contribution in [3.8, 4) is 17.2 Å². The molecule has 7 heteroatoms. The lowest BCUT2D eigenvalue weighted by Gasteiger charge is -2.12. The van der Waals surface area contributed by atoms with Crippen LogP contribution in [0.4, 0.5) is 0 Å². The first kappa shape index (κ1) is 16.5. The molecule has 22 heavy (non-hydrogen) atoms. The van der Waals surface area contributed by atoms with Crippen LogP contribution in [0, 0.1) is 0 Å². The third-order valence-electron chi connectivity index (χ3n) is 2.88. The second kappa shape index (κ2) is 6.50. The molecule has 0 saturated heterocycles. The molecule has 0 aliphatic carbocycles. The molecule has 0 aliphatic heterocycles. The Balaban J connectivity index is 2.37. The van der Waals surface area contributed by atoms with Crippen molar-refractivity contribution in [2.45, 2.75) is 4.90 Å². The second-order valence-corrected chi connectivity index (χ2v) is 7.36. The molecule has 0 heterocycles. The zero-order valence-electron chi connectivity index (χ0n) is 11.9. The van der Waals surface area contributed by atoms with Crippen LogP contribution in [0.3, 0.4) is 0 Å². The fourth-order valence-electron chi connectivity index (χ4n) is 1.76. The normalized spacial score (nSPS) is 11.0. The minimum Gasteiger partial charge on any atom is -0.493 e. The van der Waals surface area contributed by atoms with Crippen LogP contribution >= 0.6 is 15.9 Å². The molecular weight excluding hydrogens is 372 g/mol. The Labute approximate surface area is 136 Å². The van der Waals surface area contributed by atoms with Gasteiger partial charge in [-0.05, 0) is 52.3 Å². The summed E-state index contributed by atoms with van der Waals surface area (Å²) >= 11 is 3.29. The molecule has 0 aromatic heterocycles. The van der Waals surface area contributed by atoms with Gasteiger partial charge in [0.15, 0.2) is 21.3 Å². The fraction of sp³-hybridized carbons (Fsp3) is 0.133. The monoisotopic (exact) mass is 384 g/mol. The van der Waals surface area contributed by atoms with Gasteiger partial charge in [0.2, 0.25) is 0 Å². The van der Waals surface area contributed by atoms with Crippen LogP contribution in [0.15, 0.2) is 45.8 Å². The zero-order valence-corrected chi connectivity index (χ0v) is 14.3. The van der Waals surface area contributed by atoms with Crippen molar-refractivity contribution in [1.29, 1.82) is 0 Å². The molecule has 0 bridgehead atoms. The first-order valence-corrected chi connectivity index (χ1v) is 8.84. The average molecular weight is 385 g/mol. The van der Waals surface area contributed by atoms with Crippen molar-refractivity contribution in [1.82, 2.24) is 0 Å². The van der Waals surface area contributed by atoms with Crippen LogP contribution < -0.4 is 9.47 Å². The summed E-state index contributed by atoms with van der Waals surface area (Å²) in [5.74, 6) is 1.26. The lowest BCUT2D eigenvalue weighted by molar-refractivity contribution is 0.112. The highest BCUT2D eigenvalue weighted by atomic mass is 79.9. The Kier molecular flexibility index (Phi) is 4.87. The van der Waals surface area contributed by atoms with Gasteiger partial charge >= 0.3 is 0 Å². The molecule has 0 atom stereocenters. The van der Waals surface area contributed by atoms with Crippen molar-refractivity contribution < 1.29 is 22.7 Å². The van der Waals surface area contributed by atoms with Crippen molar-refractivity contribution in [2.24, 2.45) is 0 Å². The molecule has 116 valence electrons. The number of halogens is 1. The van der Waals surface area contributed by atoms with E-state index in [2.05, 4.69) is 15.9 Å². The van der Waals surface area contributed by atoms with E-state index in [1.54, 1.807) is 24.3 Å². The number of methoxy groups -OCH3 is 1. The third kappa shape index (κ3) is 3.66.